The first-order valence-corrected chi connectivity index (χ1v) is 9.84. The number of imidazole rings is 1. The van der Waals surface area contributed by atoms with Crippen LogP contribution in [0.2, 0.25) is 0 Å². The molecule has 4 rings (SSSR count). The second kappa shape index (κ2) is 7.88. The van der Waals surface area contributed by atoms with E-state index in [4.69, 9.17) is 4.74 Å². The molecule has 0 aliphatic carbocycles. The molecule has 0 bridgehead atoms. The fraction of sp³-hybridized carbons (Fsp3) is 0.450. The third-order valence-electron chi connectivity index (χ3n) is 5.49. The molecular weight excluding hydrogens is 415 g/mol. The predicted octanol–water partition coefficient (Wildman–Crippen LogP) is 2.09. The summed E-state index contributed by atoms with van der Waals surface area (Å²) in [5.41, 5.74) is -1.08. The normalized spacial score (nSPS) is 16.9. The van der Waals surface area contributed by atoms with E-state index in [1.54, 1.807) is 11.6 Å². The summed E-state index contributed by atoms with van der Waals surface area (Å²) in [5, 5.41) is 3.16. The molecule has 1 atom stereocenters. The number of aryl methyl sites for hydroxylation is 2. The van der Waals surface area contributed by atoms with Gasteiger partial charge in [0.05, 0.1) is 18.2 Å². The Labute approximate surface area is 174 Å². The van der Waals surface area contributed by atoms with Gasteiger partial charge in [-0.15, -0.1) is 0 Å². The molecule has 3 heterocycles. The number of alkyl halides is 3. The van der Waals surface area contributed by atoms with E-state index in [0.29, 0.717) is 18.1 Å². The molecule has 0 amide bonds. The van der Waals surface area contributed by atoms with Crippen molar-refractivity contribution in [3.63, 3.8) is 0 Å². The summed E-state index contributed by atoms with van der Waals surface area (Å²) in [6, 6.07) is 4.38. The molecular formula is C20H22F3N5O3. The first-order chi connectivity index (χ1) is 14.7. The average molecular weight is 437 g/mol. The Morgan fingerprint density at radius 2 is 1.87 bits per heavy atom. The van der Waals surface area contributed by atoms with Gasteiger partial charge in [0, 0.05) is 27.2 Å². The summed E-state index contributed by atoms with van der Waals surface area (Å²) >= 11 is 0. The number of hydrogen-bond donors (Lipinski definition) is 1. The van der Waals surface area contributed by atoms with Crippen LogP contribution in [0.1, 0.15) is 24.0 Å². The van der Waals surface area contributed by atoms with E-state index in [2.05, 4.69) is 10.3 Å². The number of ether oxygens (including phenoxy) is 1. The highest BCUT2D eigenvalue weighted by Crippen LogP contribution is 2.29. The summed E-state index contributed by atoms with van der Waals surface area (Å²) in [5.74, 6) is 0.435. The van der Waals surface area contributed by atoms with Crippen LogP contribution in [0.25, 0.3) is 11.2 Å². The van der Waals surface area contributed by atoms with Gasteiger partial charge < -0.3 is 14.6 Å². The van der Waals surface area contributed by atoms with E-state index >= 15 is 0 Å². The van der Waals surface area contributed by atoms with Gasteiger partial charge in [0.2, 0.25) is 5.95 Å². The SMILES string of the molecule is Cn1c(NCC2CCCO2)nc2c1c(=O)n(Cc1ccc(C(F)(F)F)cc1)c(=O)n2C. The monoisotopic (exact) mass is 437 g/mol. The van der Waals surface area contributed by atoms with Crippen LogP contribution in [0.5, 0.6) is 0 Å². The van der Waals surface area contributed by atoms with E-state index in [-0.39, 0.29) is 23.8 Å². The van der Waals surface area contributed by atoms with Crippen molar-refractivity contribution < 1.29 is 17.9 Å². The maximum Gasteiger partial charge on any atom is 0.416 e. The summed E-state index contributed by atoms with van der Waals surface area (Å²) in [4.78, 5) is 30.3. The van der Waals surface area contributed by atoms with Crippen LogP contribution in [-0.4, -0.2) is 37.9 Å². The number of hydrogen-bond acceptors (Lipinski definition) is 5. The number of aromatic nitrogens is 4. The van der Waals surface area contributed by atoms with Crippen molar-refractivity contribution in [3.05, 3.63) is 56.2 Å². The Hall–Kier alpha value is -3.08. The van der Waals surface area contributed by atoms with Gasteiger partial charge in [-0.05, 0) is 30.5 Å². The second-order valence-corrected chi connectivity index (χ2v) is 7.61. The van der Waals surface area contributed by atoms with E-state index in [9.17, 15) is 22.8 Å². The molecule has 1 aliphatic rings. The smallest absolute Gasteiger partial charge is 0.376 e. The maximum absolute atomic E-state index is 13.1. The number of benzene rings is 1. The maximum atomic E-state index is 13.1. The number of nitrogens with zero attached hydrogens (tertiary/aromatic N) is 4. The lowest BCUT2D eigenvalue weighted by molar-refractivity contribution is -0.137. The molecule has 1 unspecified atom stereocenters. The fourth-order valence-electron chi connectivity index (χ4n) is 3.73. The molecule has 11 heteroatoms. The molecule has 2 aromatic heterocycles. The lowest BCUT2D eigenvalue weighted by atomic mass is 10.1. The van der Waals surface area contributed by atoms with E-state index in [1.165, 1.54) is 23.7 Å². The molecule has 1 aromatic carbocycles. The molecule has 31 heavy (non-hydrogen) atoms. The predicted molar refractivity (Wildman–Crippen MR) is 108 cm³/mol. The zero-order valence-electron chi connectivity index (χ0n) is 17.1. The van der Waals surface area contributed by atoms with Gasteiger partial charge in [-0.2, -0.15) is 18.2 Å². The molecule has 1 fully saturated rings. The first-order valence-electron chi connectivity index (χ1n) is 9.84. The third-order valence-corrected chi connectivity index (χ3v) is 5.49. The van der Waals surface area contributed by atoms with Crippen LogP contribution in [-0.2, 0) is 31.6 Å². The highest BCUT2D eigenvalue weighted by atomic mass is 19.4. The minimum atomic E-state index is -4.45. The average Bonchev–Trinajstić information content (AvgIpc) is 3.36. The summed E-state index contributed by atoms with van der Waals surface area (Å²) < 4.78 is 47.8. The molecule has 8 nitrogen and oxygen atoms in total. The molecule has 0 spiro atoms. The van der Waals surface area contributed by atoms with E-state index < -0.39 is 23.0 Å². The zero-order valence-corrected chi connectivity index (χ0v) is 17.1. The standard InChI is InChI=1S/C20H22F3N5O3/c1-26-15-16(25-18(26)24-10-14-4-3-9-31-14)27(2)19(30)28(17(15)29)11-12-5-7-13(8-6-12)20(21,22)23/h5-8,14H,3-4,9-11H2,1-2H3,(H,24,25). The largest absolute Gasteiger partial charge is 0.416 e. The Balaban J connectivity index is 1.69. The number of nitrogens with one attached hydrogen (secondary N) is 1. The lowest BCUT2D eigenvalue weighted by Crippen LogP contribution is -2.39. The fourth-order valence-corrected chi connectivity index (χ4v) is 3.73. The van der Waals surface area contributed by atoms with Gasteiger partial charge in [0.25, 0.3) is 5.56 Å². The van der Waals surface area contributed by atoms with Crippen molar-refractivity contribution in [3.8, 4) is 0 Å². The van der Waals surface area contributed by atoms with Crippen LogP contribution in [0.4, 0.5) is 19.1 Å². The van der Waals surface area contributed by atoms with Gasteiger partial charge in [0.1, 0.15) is 0 Å². The third kappa shape index (κ3) is 3.97. The summed E-state index contributed by atoms with van der Waals surface area (Å²) in [6.45, 7) is 1.10. The number of halogens is 3. The van der Waals surface area contributed by atoms with Crippen LogP contribution in [0, 0.1) is 0 Å². The molecule has 1 saturated heterocycles. The molecule has 0 radical (unpaired) electrons. The Kier molecular flexibility index (Phi) is 5.38. The van der Waals surface area contributed by atoms with Gasteiger partial charge >= 0.3 is 11.9 Å². The first kappa shape index (κ1) is 21.2. The van der Waals surface area contributed by atoms with Crippen LogP contribution < -0.4 is 16.6 Å². The van der Waals surface area contributed by atoms with Crippen molar-refractivity contribution >= 4 is 17.1 Å². The van der Waals surface area contributed by atoms with Crippen LogP contribution in [0.3, 0.4) is 0 Å². The summed E-state index contributed by atoms with van der Waals surface area (Å²) in [7, 11) is 3.17. The number of fused-ring (bicyclic) bond motifs is 1. The van der Waals surface area contributed by atoms with Crippen LogP contribution in [0.15, 0.2) is 33.9 Å². The van der Waals surface area contributed by atoms with Crippen molar-refractivity contribution in [1.82, 2.24) is 18.7 Å². The van der Waals surface area contributed by atoms with E-state index in [0.717, 1.165) is 36.1 Å². The molecule has 0 saturated carbocycles. The topological polar surface area (TPSA) is 83.1 Å². The molecule has 3 aromatic rings. The highest BCUT2D eigenvalue weighted by molar-refractivity contribution is 5.74. The van der Waals surface area contributed by atoms with Crippen LogP contribution >= 0.6 is 0 Å². The zero-order chi connectivity index (χ0) is 22.3. The lowest BCUT2D eigenvalue weighted by Gasteiger charge is -2.11. The Morgan fingerprint density at radius 1 is 1.16 bits per heavy atom. The van der Waals surface area contributed by atoms with E-state index in [1.807, 2.05) is 0 Å². The van der Waals surface area contributed by atoms with Gasteiger partial charge in [-0.3, -0.25) is 13.9 Å². The van der Waals surface area contributed by atoms with Crippen molar-refractivity contribution in [2.75, 3.05) is 18.5 Å². The molecule has 1 N–H and O–H groups in total. The highest BCUT2D eigenvalue weighted by Gasteiger charge is 2.30. The summed E-state index contributed by atoms with van der Waals surface area (Å²) in [6.07, 6.45) is -2.45. The van der Waals surface area contributed by atoms with Gasteiger partial charge in [-0.25, -0.2) is 4.79 Å². The molecule has 166 valence electrons. The van der Waals surface area contributed by atoms with Gasteiger partial charge in [-0.1, -0.05) is 12.1 Å². The minimum absolute atomic E-state index is 0.0694. The minimum Gasteiger partial charge on any atom is -0.376 e. The van der Waals surface area contributed by atoms with Crippen molar-refractivity contribution in [2.45, 2.75) is 31.7 Å². The Morgan fingerprint density at radius 3 is 2.48 bits per heavy atom. The Bertz CT molecular complexity index is 1220. The van der Waals surface area contributed by atoms with Gasteiger partial charge in [0.15, 0.2) is 11.2 Å². The van der Waals surface area contributed by atoms with Crippen molar-refractivity contribution in [2.24, 2.45) is 14.1 Å². The quantitative estimate of drug-likeness (QED) is 0.661. The molecule has 1 aliphatic heterocycles. The second-order valence-electron chi connectivity index (χ2n) is 7.61. The number of anilines is 1. The number of rotatable bonds is 5. The van der Waals surface area contributed by atoms with Crippen molar-refractivity contribution in [1.29, 1.82) is 0 Å².